The van der Waals surface area contributed by atoms with Crippen LogP contribution in [0.15, 0.2) is 24.8 Å². The Bertz CT molecular complexity index is 944. The van der Waals surface area contributed by atoms with Gasteiger partial charge in [0.05, 0.1) is 23.7 Å². The Kier molecular flexibility index (Phi) is 3.67. The van der Waals surface area contributed by atoms with Gasteiger partial charge in [-0.25, -0.2) is 9.97 Å². The van der Waals surface area contributed by atoms with Gasteiger partial charge in [-0.1, -0.05) is 0 Å². The smallest absolute Gasteiger partial charge is 0.241 e. The van der Waals surface area contributed by atoms with Crippen molar-refractivity contribution in [1.82, 2.24) is 29.6 Å². The number of nitrogens with one attached hydrogen (secondary N) is 1. The molecule has 4 rings (SSSR count). The minimum atomic E-state index is -0.131. The first-order valence-corrected chi connectivity index (χ1v) is 8.25. The van der Waals surface area contributed by atoms with Crippen molar-refractivity contribution in [2.24, 2.45) is 20.0 Å². The van der Waals surface area contributed by atoms with E-state index in [0.717, 1.165) is 22.3 Å². The topological polar surface area (TPSA) is 86.9 Å². The van der Waals surface area contributed by atoms with Crippen LogP contribution in [0.5, 0.6) is 5.88 Å². The number of nitrogens with zero attached hydrogens (tertiary/aromatic N) is 5. The lowest BCUT2D eigenvalue weighted by molar-refractivity contribution is -0.119. The third-order valence-electron chi connectivity index (χ3n) is 4.63. The molecule has 8 heteroatoms. The Morgan fingerprint density at radius 1 is 1.40 bits per heavy atom. The molecule has 2 atom stereocenters. The standard InChI is InChI=1S/C17H20N6O2/c1-10(11-4-15(24)18-6-11)25-17-16-14(19-9-22(16)2)5-13(21-17)12-7-20-23(3)8-12/h5,7-11H,4,6H2,1-3H3,(H,18,24)/t10-,11?/m1/s1. The zero-order valence-corrected chi connectivity index (χ0v) is 14.4. The van der Waals surface area contributed by atoms with E-state index in [1.165, 1.54) is 0 Å². The zero-order valence-electron chi connectivity index (χ0n) is 14.4. The van der Waals surface area contributed by atoms with Crippen molar-refractivity contribution < 1.29 is 9.53 Å². The van der Waals surface area contributed by atoms with Crippen LogP contribution in [-0.2, 0) is 18.9 Å². The molecule has 1 saturated heterocycles. The minimum Gasteiger partial charge on any atom is -0.473 e. The highest BCUT2D eigenvalue weighted by molar-refractivity contribution is 5.84. The third-order valence-corrected chi connectivity index (χ3v) is 4.63. The normalized spacial score (nSPS) is 18.5. The molecule has 0 saturated carbocycles. The van der Waals surface area contributed by atoms with Crippen LogP contribution >= 0.6 is 0 Å². The summed E-state index contributed by atoms with van der Waals surface area (Å²) in [5.74, 6) is 0.742. The molecule has 1 N–H and O–H groups in total. The van der Waals surface area contributed by atoms with E-state index in [4.69, 9.17) is 9.72 Å². The molecule has 3 aromatic rings. The van der Waals surface area contributed by atoms with Crippen molar-refractivity contribution in [2.75, 3.05) is 6.54 Å². The Morgan fingerprint density at radius 3 is 2.92 bits per heavy atom. The van der Waals surface area contributed by atoms with Crippen molar-refractivity contribution in [1.29, 1.82) is 0 Å². The van der Waals surface area contributed by atoms with Gasteiger partial charge in [0.25, 0.3) is 0 Å². The summed E-state index contributed by atoms with van der Waals surface area (Å²) in [6, 6.07) is 1.94. The van der Waals surface area contributed by atoms with E-state index in [-0.39, 0.29) is 17.9 Å². The predicted octanol–water partition coefficient (Wildman–Crippen LogP) is 1.27. The van der Waals surface area contributed by atoms with E-state index in [9.17, 15) is 4.79 Å². The van der Waals surface area contributed by atoms with Gasteiger partial charge in [-0.15, -0.1) is 0 Å². The lowest BCUT2D eigenvalue weighted by atomic mass is 10.0. The third kappa shape index (κ3) is 2.84. The van der Waals surface area contributed by atoms with Crippen LogP contribution in [0.3, 0.4) is 0 Å². The summed E-state index contributed by atoms with van der Waals surface area (Å²) >= 11 is 0. The Labute approximate surface area is 144 Å². The first-order valence-electron chi connectivity index (χ1n) is 8.25. The fraction of sp³-hybridized carbons (Fsp3) is 0.412. The molecule has 3 aromatic heterocycles. The number of amides is 1. The number of fused-ring (bicyclic) bond motifs is 1. The molecule has 0 spiro atoms. The second-order valence-electron chi connectivity index (χ2n) is 6.53. The summed E-state index contributed by atoms with van der Waals surface area (Å²) in [6.45, 7) is 2.61. The Hall–Kier alpha value is -2.90. The Morgan fingerprint density at radius 2 is 2.24 bits per heavy atom. The second-order valence-corrected chi connectivity index (χ2v) is 6.53. The van der Waals surface area contributed by atoms with Gasteiger partial charge in [-0.3, -0.25) is 9.48 Å². The van der Waals surface area contributed by atoms with E-state index in [2.05, 4.69) is 15.4 Å². The molecule has 4 heterocycles. The highest BCUT2D eigenvalue weighted by Gasteiger charge is 2.29. The van der Waals surface area contributed by atoms with Crippen molar-refractivity contribution in [3.8, 4) is 17.1 Å². The van der Waals surface area contributed by atoms with Crippen molar-refractivity contribution in [3.63, 3.8) is 0 Å². The lowest BCUT2D eigenvalue weighted by Crippen LogP contribution is -2.26. The van der Waals surface area contributed by atoms with Crippen LogP contribution in [0.1, 0.15) is 13.3 Å². The largest absolute Gasteiger partial charge is 0.473 e. The molecular formula is C17H20N6O2. The minimum absolute atomic E-state index is 0.0724. The highest BCUT2D eigenvalue weighted by atomic mass is 16.5. The number of ether oxygens (including phenoxy) is 1. The van der Waals surface area contributed by atoms with Gasteiger partial charge in [0.2, 0.25) is 11.8 Å². The molecule has 0 radical (unpaired) electrons. The second kappa shape index (κ2) is 5.87. The summed E-state index contributed by atoms with van der Waals surface area (Å²) in [5, 5.41) is 7.06. The number of pyridine rings is 1. The number of imidazole rings is 1. The molecule has 0 aliphatic carbocycles. The lowest BCUT2D eigenvalue weighted by Gasteiger charge is -2.20. The van der Waals surface area contributed by atoms with E-state index < -0.39 is 0 Å². The molecule has 1 fully saturated rings. The number of carbonyl (C=O) groups excluding carboxylic acids is 1. The molecule has 130 valence electrons. The van der Waals surface area contributed by atoms with E-state index in [0.29, 0.717) is 18.8 Å². The number of aryl methyl sites for hydroxylation is 2. The molecule has 1 aliphatic heterocycles. The fourth-order valence-electron chi connectivity index (χ4n) is 3.15. The molecule has 8 nitrogen and oxygen atoms in total. The molecule has 25 heavy (non-hydrogen) atoms. The van der Waals surface area contributed by atoms with Gasteiger partial charge < -0.3 is 14.6 Å². The molecule has 0 bridgehead atoms. The van der Waals surface area contributed by atoms with E-state index >= 15 is 0 Å². The quantitative estimate of drug-likeness (QED) is 0.773. The summed E-state index contributed by atoms with van der Waals surface area (Å²) in [6.07, 6.45) is 5.78. The number of carbonyl (C=O) groups is 1. The Balaban J connectivity index is 1.73. The van der Waals surface area contributed by atoms with Crippen molar-refractivity contribution in [2.45, 2.75) is 19.4 Å². The van der Waals surface area contributed by atoms with Gasteiger partial charge in [-0.05, 0) is 13.0 Å². The summed E-state index contributed by atoms with van der Waals surface area (Å²) in [5.41, 5.74) is 3.34. The first kappa shape index (κ1) is 15.6. The van der Waals surface area contributed by atoms with Gasteiger partial charge in [0.1, 0.15) is 11.6 Å². The monoisotopic (exact) mass is 340 g/mol. The maximum Gasteiger partial charge on any atom is 0.241 e. The zero-order chi connectivity index (χ0) is 17.6. The average molecular weight is 340 g/mol. The summed E-state index contributed by atoms with van der Waals surface area (Å²) < 4.78 is 9.81. The van der Waals surface area contributed by atoms with Crippen molar-refractivity contribution in [3.05, 3.63) is 24.8 Å². The van der Waals surface area contributed by atoms with E-state index in [1.54, 1.807) is 17.2 Å². The predicted molar refractivity (Wildman–Crippen MR) is 91.9 cm³/mol. The highest BCUT2D eigenvalue weighted by Crippen LogP contribution is 2.30. The maximum atomic E-state index is 11.5. The van der Waals surface area contributed by atoms with Gasteiger partial charge in [0.15, 0.2) is 0 Å². The van der Waals surface area contributed by atoms with Crippen molar-refractivity contribution >= 4 is 16.9 Å². The van der Waals surface area contributed by atoms with Crippen LogP contribution in [-0.4, -0.2) is 42.9 Å². The SMILES string of the molecule is C[C@@H](Oc1nc(-c2cnn(C)c2)cc2ncn(C)c12)C1CNC(=O)C1. The molecular weight excluding hydrogens is 320 g/mol. The number of hydrogen-bond donors (Lipinski definition) is 1. The number of hydrogen-bond acceptors (Lipinski definition) is 5. The van der Waals surface area contributed by atoms with Crippen LogP contribution in [0, 0.1) is 5.92 Å². The van der Waals surface area contributed by atoms with Crippen LogP contribution < -0.4 is 10.1 Å². The fourth-order valence-corrected chi connectivity index (χ4v) is 3.15. The van der Waals surface area contributed by atoms with Gasteiger partial charge >= 0.3 is 0 Å². The van der Waals surface area contributed by atoms with Crippen LogP contribution in [0.25, 0.3) is 22.3 Å². The maximum absolute atomic E-state index is 11.5. The number of rotatable bonds is 4. The molecule has 0 aromatic carbocycles. The molecule has 1 aliphatic rings. The summed E-state index contributed by atoms with van der Waals surface area (Å²) in [4.78, 5) is 20.6. The first-order chi connectivity index (χ1) is 12.0. The summed E-state index contributed by atoms with van der Waals surface area (Å²) in [7, 11) is 3.78. The number of aromatic nitrogens is 5. The molecule has 1 amide bonds. The van der Waals surface area contributed by atoms with Crippen LogP contribution in [0.4, 0.5) is 0 Å². The van der Waals surface area contributed by atoms with E-state index in [1.807, 2.05) is 37.8 Å². The van der Waals surface area contributed by atoms with Gasteiger partial charge in [0, 0.05) is 44.7 Å². The molecule has 1 unspecified atom stereocenters. The average Bonchev–Trinajstić information content (AvgIpc) is 3.28. The van der Waals surface area contributed by atoms with Crippen LogP contribution in [0.2, 0.25) is 0 Å². The van der Waals surface area contributed by atoms with Gasteiger partial charge in [-0.2, -0.15) is 5.10 Å².